The Bertz CT molecular complexity index is 199. The zero-order valence-corrected chi connectivity index (χ0v) is 11.1. The average molecular weight is 332 g/mol. The third-order valence-corrected chi connectivity index (χ3v) is 1.30. The summed E-state index contributed by atoms with van der Waals surface area (Å²) in [6, 6.07) is 0. The van der Waals surface area contributed by atoms with E-state index >= 15 is 0 Å². The molecule has 0 aliphatic heterocycles. The molecule has 0 rings (SSSR count). The Morgan fingerprint density at radius 1 is 1.27 bits per heavy atom. The molecule has 90 valence electrons. The number of hydrogen-bond donors (Lipinski definition) is 2. The van der Waals surface area contributed by atoms with Gasteiger partial charge in [0, 0.05) is 0 Å². The molecule has 0 unspecified atom stereocenters. The van der Waals surface area contributed by atoms with Gasteiger partial charge >= 0.3 is 12.1 Å². The predicted octanol–water partition coefficient (Wildman–Crippen LogP) is -3.88. The largest absolute Gasteiger partial charge is 1.00 e. The van der Waals surface area contributed by atoms with Crippen LogP contribution >= 0.6 is 0 Å². The standard InChI is InChI=1S/C8H16N2O4.HI/c1-6(2)7(11)13-3-4-14-8(12)10-5-9;/h6H,3-5,9H2,1-2H3,(H,10,12);1H. The van der Waals surface area contributed by atoms with E-state index in [4.69, 9.17) is 4.74 Å². The first-order chi connectivity index (χ1) is 6.57. The van der Waals surface area contributed by atoms with Crippen LogP contribution < -0.4 is 35.0 Å². The molecule has 4 N–H and O–H groups in total. The number of halogens is 1. The summed E-state index contributed by atoms with van der Waals surface area (Å²) < 4.78 is 9.42. The molecule has 7 heteroatoms. The van der Waals surface area contributed by atoms with E-state index < -0.39 is 6.09 Å². The molecule has 15 heavy (non-hydrogen) atoms. The van der Waals surface area contributed by atoms with E-state index in [1.54, 1.807) is 13.8 Å². The van der Waals surface area contributed by atoms with Gasteiger partial charge in [-0.3, -0.25) is 10.1 Å². The molecule has 0 saturated carbocycles. The van der Waals surface area contributed by atoms with E-state index in [9.17, 15) is 9.59 Å². The van der Waals surface area contributed by atoms with Gasteiger partial charge in [-0.05, 0) is 0 Å². The molecular formula is C8H17IN2O4. The van der Waals surface area contributed by atoms with Gasteiger partial charge in [0.1, 0.15) is 13.2 Å². The van der Waals surface area contributed by atoms with E-state index in [0.717, 1.165) is 0 Å². The van der Waals surface area contributed by atoms with Crippen molar-refractivity contribution in [3.05, 3.63) is 0 Å². The highest BCUT2D eigenvalue weighted by molar-refractivity contribution is 5.71. The van der Waals surface area contributed by atoms with Crippen molar-refractivity contribution in [2.75, 3.05) is 19.9 Å². The van der Waals surface area contributed by atoms with Gasteiger partial charge in [0.05, 0.1) is 5.92 Å². The van der Waals surface area contributed by atoms with Crippen molar-refractivity contribution in [3.8, 4) is 0 Å². The lowest BCUT2D eigenvalue weighted by Crippen LogP contribution is -3.00. The van der Waals surface area contributed by atoms with Crippen molar-refractivity contribution in [2.24, 2.45) is 5.92 Å². The van der Waals surface area contributed by atoms with Crippen LogP contribution in [0.2, 0.25) is 0 Å². The molecule has 0 fully saturated rings. The lowest BCUT2D eigenvalue weighted by molar-refractivity contribution is -0.372. The minimum absolute atomic E-state index is 0. The second-order valence-electron chi connectivity index (χ2n) is 2.88. The summed E-state index contributed by atoms with van der Waals surface area (Å²) in [6.07, 6.45) is -0.555. The Morgan fingerprint density at radius 3 is 2.27 bits per heavy atom. The van der Waals surface area contributed by atoms with Crippen LogP contribution in [0.5, 0.6) is 0 Å². The molecule has 0 bridgehead atoms. The highest BCUT2D eigenvalue weighted by Crippen LogP contribution is 1.95. The minimum atomic E-state index is -0.555. The van der Waals surface area contributed by atoms with Crippen LogP contribution in [0.25, 0.3) is 0 Å². The van der Waals surface area contributed by atoms with Gasteiger partial charge in [-0.25, -0.2) is 4.79 Å². The molecule has 0 saturated heterocycles. The molecule has 0 atom stereocenters. The van der Waals surface area contributed by atoms with Crippen LogP contribution in [0.15, 0.2) is 0 Å². The second kappa shape index (κ2) is 9.97. The molecule has 6 nitrogen and oxygen atoms in total. The summed E-state index contributed by atoms with van der Waals surface area (Å²) in [5.41, 5.74) is 3.41. The molecule has 0 heterocycles. The van der Waals surface area contributed by atoms with Crippen molar-refractivity contribution in [1.29, 1.82) is 0 Å². The number of amides is 1. The zero-order chi connectivity index (χ0) is 11.0. The quantitative estimate of drug-likeness (QED) is 0.233. The first kappa shape index (κ1) is 16.8. The lowest BCUT2D eigenvalue weighted by atomic mass is 10.2. The molecule has 0 aromatic rings. The first-order valence-electron chi connectivity index (χ1n) is 4.44. The summed E-state index contributed by atoms with van der Waals surface area (Å²) in [6.45, 7) is 3.88. The Balaban J connectivity index is 0. The number of hydrogen-bond acceptors (Lipinski definition) is 4. The van der Waals surface area contributed by atoms with Crippen LogP contribution in [0.3, 0.4) is 0 Å². The van der Waals surface area contributed by atoms with Crippen molar-refractivity contribution < 1.29 is 48.8 Å². The molecule has 0 aliphatic rings. The van der Waals surface area contributed by atoms with Gasteiger partial charge < -0.3 is 39.2 Å². The van der Waals surface area contributed by atoms with Crippen LogP contribution in [0.1, 0.15) is 13.8 Å². The van der Waals surface area contributed by atoms with Crippen LogP contribution in [0, 0.1) is 5.92 Å². The topological polar surface area (TPSA) is 92.3 Å². The number of rotatable bonds is 5. The molecule has 0 aromatic carbocycles. The third-order valence-electron chi connectivity index (χ3n) is 1.30. The molecule has 1 amide bonds. The van der Waals surface area contributed by atoms with Gasteiger partial charge in [0.15, 0.2) is 6.67 Å². The maximum atomic E-state index is 10.9. The number of carbonyl (C=O) groups is 2. The molecule has 0 spiro atoms. The Labute approximate surface area is 106 Å². The SMILES string of the molecule is CC(C)C(=O)OCCOC(=O)NC[NH3+].[I-]. The fraction of sp³-hybridized carbons (Fsp3) is 0.750. The highest BCUT2D eigenvalue weighted by Gasteiger charge is 2.08. The van der Waals surface area contributed by atoms with Crippen LogP contribution in [0.4, 0.5) is 4.79 Å². The summed E-state index contributed by atoms with van der Waals surface area (Å²) in [5.74, 6) is -0.463. The van der Waals surface area contributed by atoms with Gasteiger partial charge in [0.2, 0.25) is 0 Å². The fourth-order valence-electron chi connectivity index (χ4n) is 0.596. The van der Waals surface area contributed by atoms with E-state index in [0.29, 0.717) is 0 Å². The molecule has 0 aliphatic carbocycles. The number of nitrogens with one attached hydrogen (secondary N) is 1. The molecule has 0 radical (unpaired) electrons. The number of alkyl carbamates (subject to hydrolysis) is 1. The van der Waals surface area contributed by atoms with Crippen LogP contribution in [-0.4, -0.2) is 31.9 Å². The Morgan fingerprint density at radius 2 is 1.80 bits per heavy atom. The van der Waals surface area contributed by atoms with Crippen molar-refractivity contribution in [3.63, 3.8) is 0 Å². The predicted molar refractivity (Wildman–Crippen MR) is 48.0 cm³/mol. The van der Waals surface area contributed by atoms with Gasteiger partial charge in [-0.15, -0.1) is 0 Å². The van der Waals surface area contributed by atoms with E-state index in [2.05, 4.69) is 15.8 Å². The summed E-state index contributed by atoms with van der Waals surface area (Å²) in [5, 5.41) is 2.34. The van der Waals surface area contributed by atoms with Gasteiger partial charge in [0.25, 0.3) is 0 Å². The van der Waals surface area contributed by atoms with Gasteiger partial charge in [-0.1, -0.05) is 13.8 Å². The number of esters is 1. The molecule has 0 aromatic heterocycles. The summed E-state index contributed by atoms with van der Waals surface area (Å²) >= 11 is 0. The minimum Gasteiger partial charge on any atom is -1.00 e. The fourth-order valence-corrected chi connectivity index (χ4v) is 0.596. The summed E-state index contributed by atoms with van der Waals surface area (Å²) in [4.78, 5) is 21.6. The maximum absolute atomic E-state index is 10.9. The average Bonchev–Trinajstić information content (AvgIpc) is 2.12. The Hall–Kier alpha value is -0.570. The van der Waals surface area contributed by atoms with E-state index in [-0.39, 0.29) is 55.7 Å². The second-order valence-corrected chi connectivity index (χ2v) is 2.88. The van der Waals surface area contributed by atoms with E-state index in [1.807, 2.05) is 0 Å². The highest BCUT2D eigenvalue weighted by atomic mass is 127. The number of ether oxygens (including phenoxy) is 2. The first-order valence-corrected chi connectivity index (χ1v) is 4.44. The van der Waals surface area contributed by atoms with E-state index in [1.165, 1.54) is 0 Å². The monoisotopic (exact) mass is 332 g/mol. The smallest absolute Gasteiger partial charge is 0.411 e. The van der Waals surface area contributed by atoms with Crippen molar-refractivity contribution in [1.82, 2.24) is 5.32 Å². The number of carbonyl (C=O) groups excluding carboxylic acids is 2. The van der Waals surface area contributed by atoms with Crippen molar-refractivity contribution in [2.45, 2.75) is 13.8 Å². The maximum Gasteiger partial charge on any atom is 0.411 e. The lowest BCUT2D eigenvalue weighted by Gasteiger charge is -2.07. The van der Waals surface area contributed by atoms with Crippen molar-refractivity contribution >= 4 is 12.1 Å². The third kappa shape index (κ3) is 9.73. The van der Waals surface area contributed by atoms with Gasteiger partial charge in [-0.2, -0.15) is 0 Å². The Kier molecular flexibility index (Phi) is 11.2. The van der Waals surface area contributed by atoms with Crippen LogP contribution in [-0.2, 0) is 14.3 Å². The normalized spacial score (nSPS) is 9.07. The summed E-state index contributed by atoms with van der Waals surface area (Å²) in [7, 11) is 0. The molecular weight excluding hydrogens is 315 g/mol. The zero-order valence-electron chi connectivity index (χ0n) is 8.92. The number of quaternary nitrogens is 1.